The SMILES string of the molecule is CC1=NC(Cc2sc3c(c2C(=O)N2CC(O)CO2)c(=O)n(C)c(=O)n3CC(C)C)C(=O)N=C1. The Balaban J connectivity index is 1.95. The molecule has 0 bridgehead atoms. The molecular formula is C21H25N5O6S. The van der Waals surface area contributed by atoms with Gasteiger partial charge in [0.05, 0.1) is 29.4 Å². The summed E-state index contributed by atoms with van der Waals surface area (Å²) in [6, 6.07) is -0.839. The van der Waals surface area contributed by atoms with Crippen molar-refractivity contribution in [2.75, 3.05) is 13.2 Å². The summed E-state index contributed by atoms with van der Waals surface area (Å²) < 4.78 is 2.47. The first kappa shape index (κ1) is 23.2. The van der Waals surface area contributed by atoms with E-state index in [2.05, 4.69) is 9.98 Å². The second-order valence-corrected chi connectivity index (χ2v) is 9.72. The number of carbonyl (C=O) groups excluding carboxylic acids is 2. The maximum atomic E-state index is 13.5. The van der Waals surface area contributed by atoms with E-state index in [1.165, 1.54) is 17.8 Å². The van der Waals surface area contributed by atoms with Gasteiger partial charge < -0.3 is 5.11 Å². The summed E-state index contributed by atoms with van der Waals surface area (Å²) in [5, 5.41) is 10.9. The Kier molecular flexibility index (Phi) is 6.16. The number of β-amino-alcohol motifs (C(OH)–C–C–N with tert-alkyl or cyclic N) is 1. The molecule has 0 radical (unpaired) electrons. The van der Waals surface area contributed by atoms with Crippen LogP contribution in [0.2, 0.25) is 0 Å². The number of aliphatic hydroxyl groups excluding tert-OH is 1. The van der Waals surface area contributed by atoms with Crippen LogP contribution in [-0.2, 0) is 29.6 Å². The highest BCUT2D eigenvalue weighted by Gasteiger charge is 2.34. The summed E-state index contributed by atoms with van der Waals surface area (Å²) in [6.07, 6.45) is 0.583. The molecule has 2 aliphatic rings. The summed E-state index contributed by atoms with van der Waals surface area (Å²) in [4.78, 5) is 66.2. The smallest absolute Gasteiger partial charge is 0.331 e. The fourth-order valence-corrected chi connectivity index (χ4v) is 5.22. The Morgan fingerprint density at radius 1 is 1.33 bits per heavy atom. The molecule has 0 saturated carbocycles. The van der Waals surface area contributed by atoms with Gasteiger partial charge in [0.15, 0.2) is 0 Å². The van der Waals surface area contributed by atoms with Gasteiger partial charge in [0.1, 0.15) is 23.6 Å². The number of aliphatic imine (C=N–C) groups is 2. The van der Waals surface area contributed by atoms with E-state index < -0.39 is 35.2 Å². The van der Waals surface area contributed by atoms with E-state index >= 15 is 0 Å². The summed E-state index contributed by atoms with van der Waals surface area (Å²) in [5.74, 6) is -0.949. The van der Waals surface area contributed by atoms with E-state index in [4.69, 9.17) is 4.84 Å². The van der Waals surface area contributed by atoms with Crippen molar-refractivity contribution in [1.29, 1.82) is 0 Å². The number of aliphatic hydroxyl groups is 1. The predicted octanol–water partition coefficient (Wildman–Crippen LogP) is 0.149. The summed E-state index contributed by atoms with van der Waals surface area (Å²) in [7, 11) is 1.37. The number of rotatable bonds is 5. The second-order valence-electron chi connectivity index (χ2n) is 8.63. The van der Waals surface area contributed by atoms with Crippen molar-refractivity contribution in [2.24, 2.45) is 23.0 Å². The van der Waals surface area contributed by atoms with Gasteiger partial charge in [0.25, 0.3) is 17.4 Å². The minimum absolute atomic E-state index is 0.0431. The first-order valence-corrected chi connectivity index (χ1v) is 11.4. The van der Waals surface area contributed by atoms with Crippen LogP contribution in [0.3, 0.4) is 0 Å². The third-order valence-corrected chi connectivity index (χ3v) is 6.67. The molecule has 176 valence electrons. The molecular weight excluding hydrogens is 450 g/mol. The molecule has 1 N–H and O–H groups in total. The van der Waals surface area contributed by atoms with E-state index in [-0.39, 0.29) is 36.4 Å². The van der Waals surface area contributed by atoms with E-state index in [1.807, 2.05) is 13.8 Å². The van der Waals surface area contributed by atoms with Crippen molar-refractivity contribution in [2.45, 2.75) is 45.9 Å². The van der Waals surface area contributed by atoms with Gasteiger partial charge in [-0.3, -0.25) is 33.3 Å². The molecule has 2 atom stereocenters. The number of fused-ring (bicyclic) bond motifs is 1. The number of nitrogens with zero attached hydrogens (tertiary/aromatic N) is 5. The minimum atomic E-state index is -0.842. The average molecular weight is 476 g/mol. The van der Waals surface area contributed by atoms with Crippen LogP contribution in [-0.4, -0.2) is 68.3 Å². The van der Waals surface area contributed by atoms with Gasteiger partial charge in [0, 0.05) is 24.9 Å². The summed E-state index contributed by atoms with van der Waals surface area (Å²) in [5.41, 5.74) is -0.439. The third-order valence-electron chi connectivity index (χ3n) is 5.43. The first-order chi connectivity index (χ1) is 15.6. The average Bonchev–Trinajstić information content (AvgIpc) is 3.35. The van der Waals surface area contributed by atoms with Crippen LogP contribution in [0.1, 0.15) is 36.0 Å². The molecule has 0 aromatic carbocycles. The fraction of sp³-hybridized carbons (Fsp3) is 0.524. The Morgan fingerprint density at radius 3 is 2.70 bits per heavy atom. The molecule has 2 amide bonds. The van der Waals surface area contributed by atoms with Crippen LogP contribution in [0, 0.1) is 5.92 Å². The van der Waals surface area contributed by atoms with Gasteiger partial charge in [-0.1, -0.05) is 13.8 Å². The third kappa shape index (κ3) is 4.21. The molecule has 0 aliphatic carbocycles. The Bertz CT molecular complexity index is 1320. The van der Waals surface area contributed by atoms with Crippen molar-refractivity contribution in [1.82, 2.24) is 14.2 Å². The van der Waals surface area contributed by atoms with Gasteiger partial charge in [-0.25, -0.2) is 14.9 Å². The number of hydroxylamine groups is 2. The molecule has 12 heteroatoms. The zero-order valence-corrected chi connectivity index (χ0v) is 19.6. The van der Waals surface area contributed by atoms with Crippen molar-refractivity contribution < 1.29 is 19.5 Å². The minimum Gasteiger partial charge on any atom is -0.389 e. The van der Waals surface area contributed by atoms with Crippen molar-refractivity contribution in [3.05, 3.63) is 31.3 Å². The van der Waals surface area contributed by atoms with E-state index in [0.717, 1.165) is 21.0 Å². The lowest BCUT2D eigenvalue weighted by Crippen LogP contribution is -2.39. The van der Waals surface area contributed by atoms with Crippen LogP contribution < -0.4 is 11.2 Å². The molecule has 1 saturated heterocycles. The number of carbonyl (C=O) groups is 2. The molecule has 33 heavy (non-hydrogen) atoms. The standard InChI is InChI=1S/C21H25N5O6S/c1-10(2)7-25-20-16(18(29)24(4)21(25)31)15(19(30)26-8-12(27)9-32-26)14(33-20)5-13-17(28)22-6-11(3)23-13/h6,10,12-13,27H,5,7-9H2,1-4H3. The number of thiophene rings is 1. The van der Waals surface area contributed by atoms with Gasteiger partial charge in [-0.15, -0.1) is 11.3 Å². The molecule has 0 spiro atoms. The quantitative estimate of drug-likeness (QED) is 0.654. The zero-order valence-electron chi connectivity index (χ0n) is 18.8. The summed E-state index contributed by atoms with van der Waals surface area (Å²) >= 11 is 1.13. The van der Waals surface area contributed by atoms with Gasteiger partial charge in [0.2, 0.25) is 0 Å². The van der Waals surface area contributed by atoms with Crippen LogP contribution in [0.4, 0.5) is 0 Å². The molecule has 4 rings (SSSR count). The van der Waals surface area contributed by atoms with Gasteiger partial charge in [-0.2, -0.15) is 0 Å². The first-order valence-electron chi connectivity index (χ1n) is 10.6. The number of aromatic nitrogens is 2. The van der Waals surface area contributed by atoms with Crippen LogP contribution in [0.25, 0.3) is 10.2 Å². The molecule has 2 aromatic heterocycles. The topological polar surface area (TPSA) is 136 Å². The Labute approximate surface area is 192 Å². The maximum absolute atomic E-state index is 13.5. The molecule has 4 heterocycles. The molecule has 1 fully saturated rings. The summed E-state index contributed by atoms with van der Waals surface area (Å²) in [6.45, 7) is 5.86. The Morgan fingerprint density at radius 2 is 2.06 bits per heavy atom. The molecule has 2 aliphatic heterocycles. The van der Waals surface area contributed by atoms with Crippen molar-refractivity contribution in [3.63, 3.8) is 0 Å². The number of hydrogen-bond acceptors (Lipinski definition) is 8. The van der Waals surface area contributed by atoms with Crippen LogP contribution >= 0.6 is 11.3 Å². The van der Waals surface area contributed by atoms with Crippen molar-refractivity contribution in [3.8, 4) is 0 Å². The lowest BCUT2D eigenvalue weighted by atomic mass is 10.1. The highest BCUT2D eigenvalue weighted by molar-refractivity contribution is 7.19. The second kappa shape index (κ2) is 8.76. The van der Waals surface area contributed by atoms with Crippen LogP contribution in [0.15, 0.2) is 19.6 Å². The van der Waals surface area contributed by atoms with E-state index in [9.17, 15) is 24.3 Å². The normalized spacial score (nSPS) is 20.8. The van der Waals surface area contributed by atoms with Crippen molar-refractivity contribution >= 4 is 45.3 Å². The maximum Gasteiger partial charge on any atom is 0.331 e. The number of hydrogen-bond donors (Lipinski definition) is 1. The largest absolute Gasteiger partial charge is 0.389 e. The highest BCUT2D eigenvalue weighted by atomic mass is 32.1. The molecule has 11 nitrogen and oxygen atoms in total. The lowest BCUT2D eigenvalue weighted by Gasteiger charge is -2.16. The van der Waals surface area contributed by atoms with Gasteiger partial charge >= 0.3 is 5.69 Å². The zero-order chi connectivity index (χ0) is 24.0. The van der Waals surface area contributed by atoms with Crippen LogP contribution in [0.5, 0.6) is 0 Å². The van der Waals surface area contributed by atoms with Gasteiger partial charge in [-0.05, 0) is 12.8 Å². The predicted molar refractivity (Wildman–Crippen MR) is 123 cm³/mol. The highest BCUT2D eigenvalue weighted by Crippen LogP contribution is 2.32. The van der Waals surface area contributed by atoms with E-state index in [1.54, 1.807) is 6.92 Å². The lowest BCUT2D eigenvalue weighted by molar-refractivity contribution is -0.118. The Hall–Kier alpha value is -2.96. The molecule has 2 unspecified atom stereocenters. The fourth-order valence-electron chi connectivity index (χ4n) is 3.90. The monoisotopic (exact) mass is 475 g/mol. The molecule has 2 aromatic rings. The number of amides is 2. The van der Waals surface area contributed by atoms with E-state index in [0.29, 0.717) is 22.0 Å².